The van der Waals surface area contributed by atoms with Crippen LogP contribution in [-0.2, 0) is 12.8 Å². The molecular weight excluding hydrogens is 384 g/mol. The van der Waals surface area contributed by atoms with Crippen LogP contribution in [0.4, 0.5) is 0 Å². The normalized spacial score (nSPS) is 27.2. The molecule has 4 rings (SSSR count). The summed E-state index contributed by atoms with van der Waals surface area (Å²) in [5, 5.41) is 20.7. The maximum Gasteiger partial charge on any atom is 0.0618 e. The van der Waals surface area contributed by atoms with Gasteiger partial charge in [-0.05, 0) is 69.2 Å². The van der Waals surface area contributed by atoms with E-state index in [2.05, 4.69) is 70.5 Å². The van der Waals surface area contributed by atoms with Crippen molar-refractivity contribution in [2.45, 2.75) is 56.0 Å². The highest BCUT2D eigenvalue weighted by atomic mass is 16.3. The molecule has 0 spiro atoms. The third-order valence-corrected chi connectivity index (χ3v) is 7.68. The third kappa shape index (κ3) is 5.04. The number of benzene rings is 2. The molecule has 2 atom stereocenters. The number of rotatable bonds is 10. The molecule has 0 radical (unpaired) electrons. The third-order valence-electron chi connectivity index (χ3n) is 7.68. The van der Waals surface area contributed by atoms with E-state index < -0.39 is 0 Å². The first kappa shape index (κ1) is 22.5. The molecule has 0 aromatic heterocycles. The van der Waals surface area contributed by atoms with E-state index in [1.165, 1.54) is 11.1 Å². The molecule has 4 nitrogen and oxygen atoms in total. The van der Waals surface area contributed by atoms with Gasteiger partial charge in [0.15, 0.2) is 0 Å². The van der Waals surface area contributed by atoms with Gasteiger partial charge in [-0.25, -0.2) is 0 Å². The van der Waals surface area contributed by atoms with Gasteiger partial charge in [-0.3, -0.25) is 9.80 Å². The minimum atomic E-state index is -0.121. The molecule has 2 aromatic carbocycles. The second kappa shape index (κ2) is 10.3. The molecule has 168 valence electrons. The molecule has 0 aliphatic carbocycles. The minimum Gasteiger partial charge on any atom is -0.394 e. The van der Waals surface area contributed by atoms with Crippen LogP contribution in [0.5, 0.6) is 0 Å². The van der Waals surface area contributed by atoms with Gasteiger partial charge in [-0.15, -0.1) is 0 Å². The second-order valence-electron chi connectivity index (χ2n) is 9.62. The first-order chi connectivity index (χ1) is 15.2. The van der Waals surface area contributed by atoms with Gasteiger partial charge in [0.05, 0.1) is 13.2 Å². The molecule has 2 unspecified atom stereocenters. The van der Waals surface area contributed by atoms with E-state index in [0.717, 1.165) is 71.1 Å². The van der Waals surface area contributed by atoms with Crippen molar-refractivity contribution in [3.05, 3.63) is 71.8 Å². The Bertz CT molecular complexity index is 732. The molecule has 2 N–H and O–H groups in total. The lowest BCUT2D eigenvalue weighted by Crippen LogP contribution is -2.51. The smallest absolute Gasteiger partial charge is 0.0618 e. The van der Waals surface area contributed by atoms with E-state index in [-0.39, 0.29) is 24.3 Å². The van der Waals surface area contributed by atoms with Crippen LogP contribution < -0.4 is 0 Å². The van der Waals surface area contributed by atoms with Gasteiger partial charge >= 0.3 is 0 Å². The Morgan fingerprint density at radius 1 is 0.645 bits per heavy atom. The molecule has 2 aliphatic heterocycles. The summed E-state index contributed by atoms with van der Waals surface area (Å²) in [6, 6.07) is 21.2. The van der Waals surface area contributed by atoms with E-state index in [4.69, 9.17) is 0 Å². The van der Waals surface area contributed by atoms with E-state index in [1.807, 2.05) is 0 Å². The Hall–Kier alpha value is -1.72. The van der Waals surface area contributed by atoms with Crippen LogP contribution >= 0.6 is 0 Å². The van der Waals surface area contributed by atoms with Crippen LogP contribution in [0.1, 0.15) is 43.2 Å². The summed E-state index contributed by atoms with van der Waals surface area (Å²) < 4.78 is 0. The van der Waals surface area contributed by atoms with Gasteiger partial charge in [-0.1, -0.05) is 60.7 Å². The lowest BCUT2D eigenvalue weighted by Gasteiger charge is -2.40. The average molecular weight is 423 g/mol. The highest BCUT2D eigenvalue weighted by Gasteiger charge is 2.42. The maximum absolute atomic E-state index is 10.4. The fourth-order valence-corrected chi connectivity index (χ4v) is 5.96. The zero-order chi connectivity index (χ0) is 21.6. The molecule has 2 aliphatic rings. The zero-order valence-corrected chi connectivity index (χ0v) is 18.8. The van der Waals surface area contributed by atoms with Crippen LogP contribution in [0.3, 0.4) is 0 Å². The van der Waals surface area contributed by atoms with Crippen molar-refractivity contribution in [2.24, 2.45) is 0 Å². The lowest BCUT2D eigenvalue weighted by atomic mass is 9.88. The van der Waals surface area contributed by atoms with Crippen LogP contribution in [0.2, 0.25) is 0 Å². The molecule has 0 saturated carbocycles. The van der Waals surface area contributed by atoms with Crippen molar-refractivity contribution in [3.63, 3.8) is 0 Å². The first-order valence-corrected chi connectivity index (χ1v) is 12.0. The Labute approximate surface area is 187 Å². The molecule has 2 saturated heterocycles. The quantitative estimate of drug-likeness (QED) is 0.615. The highest BCUT2D eigenvalue weighted by Crippen LogP contribution is 2.35. The Morgan fingerprint density at radius 2 is 1.06 bits per heavy atom. The number of aliphatic hydroxyl groups is 2. The standard InChI is InChI=1S/C27H38N2O2/c30-22-26(20-24-10-3-1-4-11-24)14-7-16-28(26)18-9-19-29-17-8-15-27(29,23-31)21-25-12-5-2-6-13-25/h1-6,10-13,30-31H,7-9,14-23H2. The van der Waals surface area contributed by atoms with Gasteiger partial charge in [0.1, 0.15) is 0 Å². The summed E-state index contributed by atoms with van der Waals surface area (Å²) in [6.45, 7) is 4.61. The molecule has 31 heavy (non-hydrogen) atoms. The Kier molecular flexibility index (Phi) is 7.44. The predicted molar refractivity (Wildman–Crippen MR) is 126 cm³/mol. The minimum absolute atomic E-state index is 0.121. The van der Waals surface area contributed by atoms with E-state index >= 15 is 0 Å². The predicted octanol–water partition coefficient (Wildman–Crippen LogP) is 3.52. The van der Waals surface area contributed by atoms with Gasteiger partial charge in [0.25, 0.3) is 0 Å². The monoisotopic (exact) mass is 422 g/mol. The summed E-state index contributed by atoms with van der Waals surface area (Å²) in [5.74, 6) is 0. The summed E-state index contributed by atoms with van der Waals surface area (Å²) in [5.41, 5.74) is 2.38. The van der Waals surface area contributed by atoms with Crippen LogP contribution in [0.25, 0.3) is 0 Å². The SMILES string of the molecule is OCC1(Cc2ccccc2)CCCN1CCCN1CCCC1(CO)Cc1ccccc1. The Balaban J connectivity index is 1.37. The first-order valence-electron chi connectivity index (χ1n) is 12.0. The van der Waals surface area contributed by atoms with Crippen molar-refractivity contribution >= 4 is 0 Å². The summed E-state index contributed by atoms with van der Waals surface area (Å²) in [7, 11) is 0. The number of hydrogen-bond donors (Lipinski definition) is 2. The molecule has 0 bridgehead atoms. The number of hydrogen-bond acceptors (Lipinski definition) is 4. The van der Waals surface area contributed by atoms with Crippen LogP contribution in [-0.4, -0.2) is 70.5 Å². The summed E-state index contributed by atoms with van der Waals surface area (Å²) >= 11 is 0. The van der Waals surface area contributed by atoms with Crippen molar-refractivity contribution in [1.82, 2.24) is 9.80 Å². The average Bonchev–Trinajstić information content (AvgIpc) is 3.40. The molecule has 0 amide bonds. The van der Waals surface area contributed by atoms with Gasteiger partial charge in [-0.2, -0.15) is 0 Å². The van der Waals surface area contributed by atoms with Gasteiger partial charge < -0.3 is 10.2 Å². The molecule has 2 fully saturated rings. The van der Waals surface area contributed by atoms with Crippen molar-refractivity contribution in [3.8, 4) is 0 Å². The van der Waals surface area contributed by atoms with E-state index in [0.29, 0.717) is 0 Å². The van der Waals surface area contributed by atoms with Crippen LogP contribution in [0, 0.1) is 0 Å². The van der Waals surface area contributed by atoms with E-state index in [9.17, 15) is 10.2 Å². The topological polar surface area (TPSA) is 46.9 Å². The Morgan fingerprint density at radius 3 is 1.45 bits per heavy atom. The molecular formula is C27H38N2O2. The van der Waals surface area contributed by atoms with Crippen molar-refractivity contribution in [2.75, 3.05) is 39.4 Å². The van der Waals surface area contributed by atoms with E-state index in [1.54, 1.807) is 0 Å². The van der Waals surface area contributed by atoms with Crippen molar-refractivity contribution < 1.29 is 10.2 Å². The molecule has 4 heteroatoms. The second-order valence-corrected chi connectivity index (χ2v) is 9.62. The maximum atomic E-state index is 10.4. The highest BCUT2D eigenvalue weighted by molar-refractivity contribution is 5.20. The number of nitrogens with zero attached hydrogens (tertiary/aromatic N) is 2. The fraction of sp³-hybridized carbons (Fsp3) is 0.556. The number of likely N-dealkylation sites (tertiary alicyclic amines) is 2. The van der Waals surface area contributed by atoms with Crippen LogP contribution in [0.15, 0.2) is 60.7 Å². The largest absolute Gasteiger partial charge is 0.394 e. The lowest BCUT2D eigenvalue weighted by molar-refractivity contribution is 0.0436. The fourth-order valence-electron chi connectivity index (χ4n) is 5.96. The summed E-state index contributed by atoms with van der Waals surface area (Å²) in [4.78, 5) is 5.07. The number of aliphatic hydroxyl groups excluding tert-OH is 2. The van der Waals surface area contributed by atoms with Crippen molar-refractivity contribution in [1.29, 1.82) is 0 Å². The molecule has 2 heterocycles. The molecule has 2 aromatic rings. The zero-order valence-electron chi connectivity index (χ0n) is 18.8. The summed E-state index contributed by atoms with van der Waals surface area (Å²) in [6.07, 6.45) is 7.36. The van der Waals surface area contributed by atoms with Gasteiger partial charge in [0, 0.05) is 24.2 Å². The van der Waals surface area contributed by atoms with Gasteiger partial charge in [0.2, 0.25) is 0 Å².